The van der Waals surface area contributed by atoms with Crippen molar-refractivity contribution in [1.82, 2.24) is 19.4 Å². The summed E-state index contributed by atoms with van der Waals surface area (Å²) in [5.41, 5.74) is 1.10. The lowest BCUT2D eigenvalue weighted by atomic mass is 9.79. The Morgan fingerprint density at radius 2 is 1.83 bits per heavy atom. The maximum absolute atomic E-state index is 18.0. The van der Waals surface area contributed by atoms with E-state index >= 15 is 8.78 Å². The number of hydrogen-bond donors (Lipinski definition) is 1. The molecule has 2 amide bonds. The van der Waals surface area contributed by atoms with Crippen molar-refractivity contribution in [3.63, 3.8) is 0 Å². The number of nitriles is 1. The zero-order chi connectivity index (χ0) is 44.3. The van der Waals surface area contributed by atoms with Gasteiger partial charge in [0.05, 0.1) is 64.3 Å². The predicted octanol–water partition coefficient (Wildman–Crippen LogP) is 10.7. The van der Waals surface area contributed by atoms with Crippen molar-refractivity contribution in [1.29, 1.82) is 5.26 Å². The first-order valence-corrected chi connectivity index (χ1v) is 22.7. The summed E-state index contributed by atoms with van der Waals surface area (Å²) in [6.07, 6.45) is 0.287. The highest BCUT2D eigenvalue weighted by Crippen LogP contribution is 2.59. The average Bonchev–Trinajstić information content (AvgIpc) is 3.74. The number of aromatic nitrogens is 2. The van der Waals surface area contributed by atoms with E-state index in [1.165, 1.54) is 0 Å². The van der Waals surface area contributed by atoms with Crippen molar-refractivity contribution in [2.45, 2.75) is 127 Å². The van der Waals surface area contributed by atoms with E-state index in [1.54, 1.807) is 28.0 Å². The van der Waals surface area contributed by atoms with E-state index in [-0.39, 0.29) is 77.5 Å². The third-order valence-electron chi connectivity index (χ3n) is 14.0. The third kappa shape index (κ3) is 6.96. The molecule has 1 N–H and O–H groups in total. The van der Waals surface area contributed by atoms with Gasteiger partial charge in [0.15, 0.2) is 11.5 Å². The van der Waals surface area contributed by atoms with Crippen LogP contribution in [-0.4, -0.2) is 72.5 Å². The monoisotopic (exact) mass is 895 g/mol. The molecular weight excluding hydrogens is 847 g/mol. The molecule has 0 radical (unpaired) electrons. The Labute approximate surface area is 374 Å². The minimum Gasteiger partial charge on any atom is -0.444 e. The van der Waals surface area contributed by atoms with E-state index in [9.17, 15) is 20.0 Å². The van der Waals surface area contributed by atoms with Gasteiger partial charge in [-0.1, -0.05) is 65.7 Å². The van der Waals surface area contributed by atoms with Crippen LogP contribution >= 0.6 is 23.2 Å². The van der Waals surface area contributed by atoms with Crippen molar-refractivity contribution >= 4 is 57.0 Å². The van der Waals surface area contributed by atoms with Crippen molar-refractivity contribution in [3.05, 3.63) is 99.0 Å². The maximum atomic E-state index is 18.0. The topological polar surface area (TPSA) is 121 Å². The summed E-state index contributed by atoms with van der Waals surface area (Å²) in [5, 5.41) is 22.9. The Kier molecular flexibility index (Phi) is 10.3. The number of halogens is 4. The van der Waals surface area contributed by atoms with E-state index in [0.717, 1.165) is 5.56 Å². The molecule has 4 bridgehead atoms. The second-order valence-electron chi connectivity index (χ2n) is 19.2. The molecule has 328 valence electrons. The number of alkyl halides is 1. The van der Waals surface area contributed by atoms with Gasteiger partial charge in [-0.15, -0.1) is 0 Å². The number of hydrogen-bond acceptors (Lipinski definition) is 7. The van der Waals surface area contributed by atoms with Crippen LogP contribution in [-0.2, 0) is 27.3 Å². The molecule has 14 heteroatoms. The Balaban J connectivity index is 1.26. The summed E-state index contributed by atoms with van der Waals surface area (Å²) in [4.78, 5) is 36.7. The Hall–Kier alpha value is -4.80. The lowest BCUT2D eigenvalue weighted by Crippen LogP contribution is -2.49. The zero-order valence-electron chi connectivity index (χ0n) is 35.6. The number of nitrogens with zero attached hydrogens (tertiary/aromatic N) is 5. The van der Waals surface area contributed by atoms with Crippen LogP contribution in [0.5, 0.6) is 0 Å². The summed E-state index contributed by atoms with van der Waals surface area (Å²) in [6.45, 7) is 8.02. The largest absolute Gasteiger partial charge is 0.444 e. The Bertz CT molecular complexity index is 2730. The molecular formula is C49H49Cl2F2N5O5. The molecule has 1 unspecified atom stereocenters. The van der Waals surface area contributed by atoms with Crippen LogP contribution in [0.1, 0.15) is 107 Å². The van der Waals surface area contributed by atoms with E-state index in [1.807, 2.05) is 70.2 Å². The molecule has 6 fully saturated rings. The number of benzene rings is 3. The number of amides is 2. The van der Waals surface area contributed by atoms with Crippen molar-refractivity contribution in [3.8, 4) is 17.2 Å². The zero-order valence-corrected chi connectivity index (χ0v) is 37.1. The first-order chi connectivity index (χ1) is 30.1. The second-order valence-corrected chi connectivity index (χ2v) is 20.0. The molecule has 10 nitrogen and oxygen atoms in total. The van der Waals surface area contributed by atoms with Gasteiger partial charge in [0.1, 0.15) is 11.1 Å². The molecule has 11 rings (SSSR count). The molecule has 3 saturated heterocycles. The molecule has 0 spiro atoms. The van der Waals surface area contributed by atoms with E-state index in [4.69, 9.17) is 37.7 Å². The SMILES string of the molecule is CC(OCc1ccccc1)c1nc2c(F)c(-c3cccc(Cl)c3Cl)c(CCC#N)cc2c2c1cc([C@H]1[C@H]3C[C@H](C[C@H]3O)N1C(=O)C1(F)CC1)n2[C@H]1[C@@H]2C[C@H]1N(C(=O)OC(C)(C)C)C2. The van der Waals surface area contributed by atoms with Crippen LogP contribution in [0.2, 0.25) is 10.0 Å². The average molecular weight is 897 g/mol. The van der Waals surface area contributed by atoms with Crippen LogP contribution < -0.4 is 0 Å². The summed E-state index contributed by atoms with van der Waals surface area (Å²) in [6, 6.07) is 19.1. The van der Waals surface area contributed by atoms with Gasteiger partial charge in [-0.05, 0) is 95.5 Å². The minimum atomic E-state index is -1.95. The third-order valence-corrected chi connectivity index (χ3v) is 14.9. The molecule has 3 aliphatic carbocycles. The number of pyridine rings is 1. The quantitative estimate of drug-likeness (QED) is 0.148. The summed E-state index contributed by atoms with van der Waals surface area (Å²) < 4.78 is 48.6. The molecule has 3 aliphatic heterocycles. The number of carbonyl (C=O) groups is 2. The number of aliphatic hydroxyl groups is 1. The van der Waals surface area contributed by atoms with Crippen LogP contribution in [0, 0.1) is 29.0 Å². The first kappa shape index (κ1) is 42.2. The number of fused-ring (bicyclic) bond motifs is 6. The van der Waals surface area contributed by atoms with Crippen LogP contribution in [0.25, 0.3) is 32.9 Å². The van der Waals surface area contributed by atoms with Gasteiger partial charge in [-0.3, -0.25) is 4.79 Å². The van der Waals surface area contributed by atoms with E-state index < -0.39 is 53.3 Å². The van der Waals surface area contributed by atoms with Gasteiger partial charge >= 0.3 is 6.09 Å². The fourth-order valence-corrected chi connectivity index (χ4v) is 11.4. The van der Waals surface area contributed by atoms with Crippen LogP contribution in [0.4, 0.5) is 13.6 Å². The lowest BCUT2D eigenvalue weighted by Gasteiger charge is -2.43. The van der Waals surface area contributed by atoms with Gasteiger partial charge in [0.25, 0.3) is 5.91 Å². The second kappa shape index (κ2) is 15.4. The number of likely N-dealkylation sites (tertiary alicyclic amines) is 1. The maximum Gasteiger partial charge on any atom is 0.410 e. The van der Waals surface area contributed by atoms with Gasteiger partial charge in [0, 0.05) is 58.4 Å². The molecule has 6 aliphatic rings. The molecule has 3 aromatic carbocycles. The molecule has 8 atom stereocenters. The number of rotatable bonds is 10. The van der Waals surface area contributed by atoms with E-state index in [0.29, 0.717) is 64.6 Å². The Morgan fingerprint density at radius 1 is 1.06 bits per heavy atom. The molecule has 63 heavy (non-hydrogen) atoms. The smallest absolute Gasteiger partial charge is 0.410 e. The molecule has 5 heterocycles. The van der Waals surface area contributed by atoms with Crippen molar-refractivity contribution in [2.75, 3.05) is 6.54 Å². The van der Waals surface area contributed by atoms with Crippen LogP contribution in [0.3, 0.4) is 0 Å². The normalized spacial score (nSPS) is 26.0. The molecule has 3 saturated carbocycles. The van der Waals surface area contributed by atoms with Gasteiger partial charge < -0.3 is 28.9 Å². The fraction of sp³-hybridized carbons (Fsp3) is 0.469. The Morgan fingerprint density at radius 3 is 2.54 bits per heavy atom. The standard InChI is InChI=1S/C49H49Cl2F2N5O5/c1-25(62-24-26-10-6-5-7-11-26)41-33-22-36(45-31-20-29(21-37(31)59)57(45)46(60)49(53)15-16-49)58(43-28-19-35(43)56(23-28)47(61)63-48(2,3)4)44(33)32-18-27(12-9-17-54)38(40(52)42(32)55-41)30-13-8-14-34(50)39(30)51/h5-8,10-11,13-14,18,22,25,28-29,31,35,37,43,45,59H,9,12,15-16,19-21,23-24H2,1-4H3/t25?,28-,29-,31+,35-,37-,43+,45-/m1/s1. The summed E-state index contributed by atoms with van der Waals surface area (Å²) in [7, 11) is 0. The van der Waals surface area contributed by atoms with Gasteiger partial charge in [-0.2, -0.15) is 5.26 Å². The minimum absolute atomic E-state index is 0.0358. The number of ether oxygens (including phenoxy) is 2. The van der Waals surface area contributed by atoms with Gasteiger partial charge in [0.2, 0.25) is 0 Å². The first-order valence-electron chi connectivity index (χ1n) is 21.9. The van der Waals surface area contributed by atoms with E-state index in [2.05, 4.69) is 10.6 Å². The number of aryl methyl sites for hydroxylation is 1. The van der Waals surface area contributed by atoms with Crippen LogP contribution in [0.15, 0.2) is 60.7 Å². The number of piperidine rings is 1. The number of carbonyl (C=O) groups excluding carboxylic acids is 2. The highest BCUT2D eigenvalue weighted by Gasteiger charge is 2.63. The molecule has 2 aromatic heterocycles. The summed E-state index contributed by atoms with van der Waals surface area (Å²) >= 11 is 13.3. The van der Waals surface area contributed by atoms with Gasteiger partial charge in [-0.25, -0.2) is 18.6 Å². The highest BCUT2D eigenvalue weighted by atomic mass is 35.5. The lowest BCUT2D eigenvalue weighted by molar-refractivity contribution is -0.145. The molecule has 5 aromatic rings. The number of aliphatic hydroxyl groups excluding tert-OH is 1. The highest BCUT2D eigenvalue weighted by molar-refractivity contribution is 6.43. The van der Waals surface area contributed by atoms with Crippen molar-refractivity contribution < 1.29 is 33.0 Å². The predicted molar refractivity (Wildman–Crippen MR) is 235 cm³/mol. The van der Waals surface area contributed by atoms with Crippen molar-refractivity contribution in [2.24, 2.45) is 11.8 Å². The fourth-order valence-electron chi connectivity index (χ4n) is 11.0. The summed E-state index contributed by atoms with van der Waals surface area (Å²) in [5.74, 6) is -1.64.